The third kappa shape index (κ3) is 3.48. The zero-order chi connectivity index (χ0) is 14.5. The van der Waals surface area contributed by atoms with Gasteiger partial charge in [-0.1, -0.05) is 40.0 Å². The number of nitrogens with two attached hydrogens (primary N) is 1. The minimum absolute atomic E-state index is 0.423. The molecule has 1 fully saturated rings. The van der Waals surface area contributed by atoms with E-state index in [-0.39, 0.29) is 0 Å². The van der Waals surface area contributed by atoms with Gasteiger partial charge in [0, 0.05) is 11.6 Å². The predicted molar refractivity (Wildman–Crippen MR) is 80.0 cm³/mol. The number of rotatable bonds is 8. The SMILES string of the molecule is CCC[C@H]1[C@H](/C(C)=N\NC(N)=O)C1(CCC)CCC. The van der Waals surface area contributed by atoms with Crippen LogP contribution in [0.25, 0.3) is 0 Å². The average Bonchev–Trinajstić information content (AvgIpc) is 2.95. The monoisotopic (exact) mass is 267 g/mol. The number of hydrazone groups is 1. The van der Waals surface area contributed by atoms with Crippen LogP contribution in [0.1, 0.15) is 66.2 Å². The van der Waals surface area contributed by atoms with Crippen molar-refractivity contribution in [1.29, 1.82) is 0 Å². The van der Waals surface area contributed by atoms with Crippen molar-refractivity contribution in [2.24, 2.45) is 28.1 Å². The van der Waals surface area contributed by atoms with Gasteiger partial charge in [0.25, 0.3) is 0 Å². The molecule has 0 aromatic carbocycles. The highest BCUT2D eigenvalue weighted by molar-refractivity contribution is 5.89. The van der Waals surface area contributed by atoms with Crippen LogP contribution in [-0.2, 0) is 0 Å². The number of hydrogen-bond donors (Lipinski definition) is 2. The Morgan fingerprint density at radius 3 is 2.21 bits per heavy atom. The van der Waals surface area contributed by atoms with E-state index in [0.29, 0.717) is 11.3 Å². The summed E-state index contributed by atoms with van der Waals surface area (Å²) in [5.74, 6) is 1.26. The number of amides is 2. The number of nitrogens with zero attached hydrogens (tertiary/aromatic N) is 1. The lowest BCUT2D eigenvalue weighted by Crippen LogP contribution is -2.26. The van der Waals surface area contributed by atoms with Crippen molar-refractivity contribution in [2.75, 3.05) is 0 Å². The molecule has 0 unspecified atom stereocenters. The molecule has 2 amide bonds. The Balaban J connectivity index is 2.83. The zero-order valence-corrected chi connectivity index (χ0v) is 12.8. The molecule has 110 valence electrons. The third-order valence-electron chi connectivity index (χ3n) is 4.47. The van der Waals surface area contributed by atoms with E-state index in [1.807, 2.05) is 6.92 Å². The number of primary amides is 1. The van der Waals surface area contributed by atoms with Gasteiger partial charge in [0.1, 0.15) is 0 Å². The van der Waals surface area contributed by atoms with Crippen molar-refractivity contribution < 1.29 is 4.79 Å². The number of hydrogen-bond acceptors (Lipinski definition) is 2. The minimum Gasteiger partial charge on any atom is -0.350 e. The van der Waals surface area contributed by atoms with Gasteiger partial charge in [-0.15, -0.1) is 0 Å². The Kier molecular flexibility index (Phi) is 5.83. The molecular formula is C15H29N3O. The fourth-order valence-corrected chi connectivity index (χ4v) is 4.00. The van der Waals surface area contributed by atoms with Gasteiger partial charge in [-0.05, 0) is 37.5 Å². The lowest BCUT2D eigenvalue weighted by atomic mass is 9.89. The lowest BCUT2D eigenvalue weighted by molar-refractivity contribution is 0.249. The van der Waals surface area contributed by atoms with Crippen molar-refractivity contribution >= 4 is 11.7 Å². The topological polar surface area (TPSA) is 67.5 Å². The largest absolute Gasteiger partial charge is 0.350 e. The van der Waals surface area contributed by atoms with Crippen molar-refractivity contribution in [3.63, 3.8) is 0 Å². The number of carbonyl (C=O) groups excluding carboxylic acids is 1. The molecule has 19 heavy (non-hydrogen) atoms. The van der Waals surface area contributed by atoms with Gasteiger partial charge in [-0.25, -0.2) is 10.2 Å². The van der Waals surface area contributed by atoms with Gasteiger partial charge in [0.2, 0.25) is 0 Å². The fraction of sp³-hybridized carbons (Fsp3) is 0.867. The van der Waals surface area contributed by atoms with Gasteiger partial charge in [0.05, 0.1) is 0 Å². The summed E-state index contributed by atoms with van der Waals surface area (Å²) in [6, 6.07) is -0.580. The molecule has 1 saturated carbocycles. The van der Waals surface area contributed by atoms with Gasteiger partial charge >= 0.3 is 6.03 Å². The minimum atomic E-state index is -0.580. The van der Waals surface area contributed by atoms with E-state index in [0.717, 1.165) is 11.6 Å². The summed E-state index contributed by atoms with van der Waals surface area (Å²) in [6.45, 7) is 8.77. The van der Waals surface area contributed by atoms with E-state index in [1.165, 1.54) is 38.5 Å². The molecule has 4 heteroatoms. The van der Waals surface area contributed by atoms with Crippen LogP contribution in [0.5, 0.6) is 0 Å². The Bertz CT molecular complexity index is 332. The molecule has 1 aliphatic carbocycles. The normalized spacial score (nSPS) is 25.2. The first-order valence-electron chi connectivity index (χ1n) is 7.63. The highest BCUT2D eigenvalue weighted by atomic mass is 16.2. The molecule has 0 saturated heterocycles. The summed E-state index contributed by atoms with van der Waals surface area (Å²) in [5.41, 5.74) is 8.92. The Hall–Kier alpha value is -1.06. The van der Waals surface area contributed by atoms with Crippen molar-refractivity contribution in [2.45, 2.75) is 66.2 Å². The summed E-state index contributed by atoms with van der Waals surface area (Å²) in [7, 11) is 0. The summed E-state index contributed by atoms with van der Waals surface area (Å²) in [4.78, 5) is 10.8. The van der Waals surface area contributed by atoms with Crippen LogP contribution in [-0.4, -0.2) is 11.7 Å². The number of carbonyl (C=O) groups is 1. The second kappa shape index (κ2) is 6.92. The second-order valence-electron chi connectivity index (χ2n) is 5.84. The molecule has 0 heterocycles. The maximum absolute atomic E-state index is 10.8. The number of nitrogens with one attached hydrogen (secondary N) is 1. The third-order valence-corrected chi connectivity index (χ3v) is 4.47. The molecular weight excluding hydrogens is 238 g/mol. The molecule has 0 aliphatic heterocycles. The van der Waals surface area contributed by atoms with Gasteiger partial charge in [0.15, 0.2) is 0 Å². The molecule has 4 nitrogen and oxygen atoms in total. The summed E-state index contributed by atoms with van der Waals surface area (Å²) in [6.07, 6.45) is 7.43. The van der Waals surface area contributed by atoms with Gasteiger partial charge < -0.3 is 5.73 Å². The van der Waals surface area contributed by atoms with E-state index in [4.69, 9.17) is 5.73 Å². The van der Waals surface area contributed by atoms with Crippen molar-refractivity contribution in [3.05, 3.63) is 0 Å². The maximum Gasteiger partial charge on any atom is 0.332 e. The molecule has 0 bridgehead atoms. The lowest BCUT2D eigenvalue weighted by Gasteiger charge is -2.16. The fourth-order valence-electron chi connectivity index (χ4n) is 4.00. The van der Waals surface area contributed by atoms with Crippen LogP contribution in [0, 0.1) is 17.3 Å². The first kappa shape index (κ1) is 16.0. The molecule has 0 aromatic heterocycles. The Morgan fingerprint density at radius 1 is 1.21 bits per heavy atom. The van der Waals surface area contributed by atoms with Crippen molar-refractivity contribution in [1.82, 2.24) is 5.43 Å². The molecule has 0 aromatic rings. The van der Waals surface area contributed by atoms with Gasteiger partial charge in [-0.3, -0.25) is 0 Å². The molecule has 2 atom stereocenters. The first-order chi connectivity index (χ1) is 9.03. The van der Waals surface area contributed by atoms with Crippen LogP contribution < -0.4 is 11.2 Å². The van der Waals surface area contributed by atoms with Crippen LogP contribution in [0.4, 0.5) is 4.79 Å². The van der Waals surface area contributed by atoms with Crippen LogP contribution in [0.15, 0.2) is 5.10 Å². The molecule has 0 radical (unpaired) electrons. The highest BCUT2D eigenvalue weighted by Crippen LogP contribution is 2.66. The smallest absolute Gasteiger partial charge is 0.332 e. The molecule has 1 aliphatic rings. The van der Waals surface area contributed by atoms with E-state index < -0.39 is 6.03 Å². The number of urea groups is 1. The van der Waals surface area contributed by atoms with E-state index in [9.17, 15) is 4.79 Å². The van der Waals surface area contributed by atoms with E-state index in [2.05, 4.69) is 31.3 Å². The average molecular weight is 267 g/mol. The summed E-state index contributed by atoms with van der Waals surface area (Å²) in [5, 5.41) is 4.17. The highest BCUT2D eigenvalue weighted by Gasteiger charge is 2.62. The van der Waals surface area contributed by atoms with E-state index in [1.54, 1.807) is 0 Å². The maximum atomic E-state index is 10.8. The van der Waals surface area contributed by atoms with Crippen LogP contribution in [0.3, 0.4) is 0 Å². The van der Waals surface area contributed by atoms with Crippen LogP contribution >= 0.6 is 0 Å². The summed E-state index contributed by atoms with van der Waals surface area (Å²) < 4.78 is 0. The molecule has 3 N–H and O–H groups in total. The quantitative estimate of drug-likeness (QED) is 0.511. The second-order valence-corrected chi connectivity index (χ2v) is 5.84. The first-order valence-corrected chi connectivity index (χ1v) is 7.63. The summed E-state index contributed by atoms with van der Waals surface area (Å²) >= 11 is 0. The van der Waals surface area contributed by atoms with Crippen molar-refractivity contribution in [3.8, 4) is 0 Å². The predicted octanol–water partition coefficient (Wildman–Crippen LogP) is 3.66. The zero-order valence-electron chi connectivity index (χ0n) is 12.8. The standard InChI is InChI=1S/C15H29N3O/c1-5-8-12-13(11(4)17-18-14(16)19)15(12,9-6-2)10-7-3/h12-13H,5-10H2,1-4H3,(H3,16,18,19)/b17-11-/t12-,13-/m0/s1. The van der Waals surface area contributed by atoms with Gasteiger partial charge in [-0.2, -0.15) is 5.10 Å². The Labute approximate surface area is 117 Å². The molecule has 0 spiro atoms. The van der Waals surface area contributed by atoms with Crippen LogP contribution in [0.2, 0.25) is 0 Å². The van der Waals surface area contributed by atoms with E-state index >= 15 is 0 Å². The Morgan fingerprint density at radius 2 is 1.79 bits per heavy atom. The molecule has 1 rings (SSSR count).